The van der Waals surface area contributed by atoms with E-state index in [2.05, 4.69) is 51.6 Å². The van der Waals surface area contributed by atoms with Gasteiger partial charge in [-0.2, -0.15) is 5.10 Å². The first-order chi connectivity index (χ1) is 15.9. The van der Waals surface area contributed by atoms with Gasteiger partial charge in [-0.25, -0.2) is 0 Å². The maximum absolute atomic E-state index is 12.6. The lowest BCUT2D eigenvalue weighted by Gasteiger charge is -2.25. The molecule has 1 unspecified atom stereocenters. The molecule has 33 heavy (non-hydrogen) atoms. The molecule has 0 saturated heterocycles. The molecular formula is C25H33N5O2S. The van der Waals surface area contributed by atoms with Gasteiger partial charge in [0.1, 0.15) is 5.75 Å². The van der Waals surface area contributed by atoms with Crippen LogP contribution in [0, 0.1) is 4.77 Å². The maximum atomic E-state index is 12.6. The Hall–Kier alpha value is -2.97. The highest BCUT2D eigenvalue weighted by Gasteiger charge is 2.16. The molecule has 1 amide bonds. The summed E-state index contributed by atoms with van der Waals surface area (Å²) in [6.07, 6.45) is 1.33. The first kappa shape index (κ1) is 24.7. The number of carbonyl (C=O) groups is 1. The quantitative estimate of drug-likeness (QED) is 0.410. The van der Waals surface area contributed by atoms with E-state index in [0.29, 0.717) is 36.7 Å². The van der Waals surface area contributed by atoms with Crippen molar-refractivity contribution in [3.05, 3.63) is 64.4 Å². The lowest BCUT2D eigenvalue weighted by atomic mass is 10.0. The van der Waals surface area contributed by atoms with Crippen LogP contribution in [0.2, 0.25) is 0 Å². The number of nitrogens with zero attached hydrogens (tertiary/aromatic N) is 3. The SMILES string of the molecule is CCOc1ccc(-c2n[nH]c(=S)n2CCC(=O)NCC(c2ccc(CC)cc2)N(C)C)cc1. The van der Waals surface area contributed by atoms with E-state index < -0.39 is 0 Å². The zero-order valence-corrected chi connectivity index (χ0v) is 20.6. The molecule has 1 atom stereocenters. The number of hydrogen-bond acceptors (Lipinski definition) is 5. The molecule has 3 aromatic rings. The molecule has 0 spiro atoms. The third-order valence-electron chi connectivity index (χ3n) is 5.63. The summed E-state index contributed by atoms with van der Waals surface area (Å²) in [5.74, 6) is 1.49. The van der Waals surface area contributed by atoms with E-state index in [1.54, 1.807) is 0 Å². The molecule has 7 nitrogen and oxygen atoms in total. The Morgan fingerprint density at radius 1 is 1.15 bits per heavy atom. The molecule has 176 valence electrons. The van der Waals surface area contributed by atoms with Gasteiger partial charge in [0.2, 0.25) is 5.91 Å². The minimum absolute atomic E-state index is 0.0206. The fraction of sp³-hybridized carbons (Fsp3) is 0.400. The van der Waals surface area contributed by atoms with Crippen LogP contribution in [0.3, 0.4) is 0 Å². The van der Waals surface area contributed by atoms with Crippen molar-refractivity contribution in [3.8, 4) is 17.1 Å². The highest BCUT2D eigenvalue weighted by atomic mass is 32.1. The van der Waals surface area contributed by atoms with Crippen LogP contribution in [0.1, 0.15) is 37.4 Å². The molecule has 2 N–H and O–H groups in total. The number of rotatable bonds is 11. The first-order valence-corrected chi connectivity index (χ1v) is 11.7. The Morgan fingerprint density at radius 3 is 2.45 bits per heavy atom. The summed E-state index contributed by atoms with van der Waals surface area (Å²) >= 11 is 5.40. The second kappa shape index (κ2) is 11.8. The van der Waals surface area contributed by atoms with Crippen LogP contribution in [0.25, 0.3) is 11.4 Å². The lowest BCUT2D eigenvalue weighted by Crippen LogP contribution is -2.34. The second-order valence-electron chi connectivity index (χ2n) is 8.09. The maximum Gasteiger partial charge on any atom is 0.221 e. The van der Waals surface area contributed by atoms with E-state index in [1.807, 2.05) is 49.9 Å². The summed E-state index contributed by atoms with van der Waals surface area (Å²) in [5.41, 5.74) is 3.40. The monoisotopic (exact) mass is 467 g/mol. The van der Waals surface area contributed by atoms with Crippen LogP contribution < -0.4 is 10.1 Å². The average Bonchev–Trinajstić information content (AvgIpc) is 3.19. The van der Waals surface area contributed by atoms with Gasteiger partial charge in [0.25, 0.3) is 0 Å². The zero-order chi connectivity index (χ0) is 23.8. The number of nitrogens with one attached hydrogen (secondary N) is 2. The number of carbonyl (C=O) groups excluding carboxylic acids is 1. The molecule has 0 aliphatic heterocycles. The molecular weight excluding hydrogens is 434 g/mol. The number of ether oxygens (including phenoxy) is 1. The van der Waals surface area contributed by atoms with Gasteiger partial charge in [-0.15, -0.1) is 0 Å². The molecule has 1 heterocycles. The topological polar surface area (TPSA) is 75.2 Å². The number of H-pyrrole nitrogens is 1. The van der Waals surface area contributed by atoms with Crippen molar-refractivity contribution in [1.29, 1.82) is 0 Å². The third kappa shape index (κ3) is 6.52. The first-order valence-electron chi connectivity index (χ1n) is 11.3. The predicted octanol–water partition coefficient (Wildman–Crippen LogP) is 4.38. The van der Waals surface area contributed by atoms with Gasteiger partial charge in [0.15, 0.2) is 10.6 Å². The van der Waals surface area contributed by atoms with Crippen molar-refractivity contribution >= 4 is 18.1 Å². The van der Waals surface area contributed by atoms with Crippen LogP contribution in [0.5, 0.6) is 5.75 Å². The van der Waals surface area contributed by atoms with E-state index in [1.165, 1.54) is 11.1 Å². The molecule has 0 saturated carbocycles. The molecule has 0 bridgehead atoms. The zero-order valence-electron chi connectivity index (χ0n) is 19.8. The van der Waals surface area contributed by atoms with E-state index >= 15 is 0 Å². The van der Waals surface area contributed by atoms with Crippen molar-refractivity contribution in [2.75, 3.05) is 27.2 Å². The molecule has 2 aromatic carbocycles. The molecule has 0 fully saturated rings. The van der Waals surface area contributed by atoms with Crippen LogP contribution in [-0.4, -0.2) is 52.8 Å². The molecule has 1 aromatic heterocycles. The fourth-order valence-electron chi connectivity index (χ4n) is 3.70. The van der Waals surface area contributed by atoms with Gasteiger partial charge in [0.05, 0.1) is 12.6 Å². The van der Waals surface area contributed by atoms with Gasteiger partial charge >= 0.3 is 0 Å². The minimum atomic E-state index is -0.0206. The van der Waals surface area contributed by atoms with Crippen molar-refractivity contribution in [2.45, 2.75) is 39.3 Å². The molecule has 8 heteroatoms. The van der Waals surface area contributed by atoms with Crippen molar-refractivity contribution in [2.24, 2.45) is 0 Å². The number of aromatic nitrogens is 3. The van der Waals surface area contributed by atoms with Gasteiger partial charge in [-0.3, -0.25) is 14.5 Å². The summed E-state index contributed by atoms with van der Waals surface area (Å²) in [6.45, 7) is 5.70. The van der Waals surface area contributed by atoms with Crippen LogP contribution in [0.15, 0.2) is 48.5 Å². The van der Waals surface area contributed by atoms with Gasteiger partial charge < -0.3 is 15.0 Å². The lowest BCUT2D eigenvalue weighted by molar-refractivity contribution is -0.121. The number of aromatic amines is 1. The summed E-state index contributed by atoms with van der Waals surface area (Å²) in [4.78, 5) is 14.8. The van der Waals surface area contributed by atoms with E-state index in [9.17, 15) is 4.79 Å². The van der Waals surface area contributed by atoms with Gasteiger partial charge in [0, 0.05) is 25.1 Å². The third-order valence-corrected chi connectivity index (χ3v) is 5.94. The number of likely N-dealkylation sites (N-methyl/N-ethyl adjacent to an activating group) is 1. The molecule has 0 aliphatic carbocycles. The molecule has 3 rings (SSSR count). The molecule has 0 radical (unpaired) electrons. The number of benzene rings is 2. The molecule has 0 aliphatic rings. The van der Waals surface area contributed by atoms with Crippen molar-refractivity contribution in [1.82, 2.24) is 25.0 Å². The summed E-state index contributed by atoms with van der Waals surface area (Å²) < 4.78 is 7.86. The Labute approximate surface area is 200 Å². The number of hydrogen-bond donors (Lipinski definition) is 2. The normalized spacial score (nSPS) is 12.0. The van der Waals surface area contributed by atoms with Crippen LogP contribution in [-0.2, 0) is 17.8 Å². The van der Waals surface area contributed by atoms with Crippen molar-refractivity contribution in [3.63, 3.8) is 0 Å². The summed E-state index contributed by atoms with van der Waals surface area (Å²) in [6, 6.07) is 16.4. The van der Waals surface area contributed by atoms with Gasteiger partial charge in [-0.1, -0.05) is 31.2 Å². The Kier molecular flexibility index (Phi) is 8.79. The van der Waals surface area contributed by atoms with Crippen LogP contribution >= 0.6 is 12.2 Å². The fourth-order valence-corrected chi connectivity index (χ4v) is 3.92. The van der Waals surface area contributed by atoms with Crippen LogP contribution in [0.4, 0.5) is 0 Å². The highest BCUT2D eigenvalue weighted by molar-refractivity contribution is 7.71. The second-order valence-corrected chi connectivity index (χ2v) is 8.48. The number of amides is 1. The van der Waals surface area contributed by atoms with E-state index in [0.717, 1.165) is 17.7 Å². The standard InChI is InChI=1S/C25H33N5O2S/c1-5-18-7-9-19(10-8-18)22(29(3)4)17-26-23(31)15-16-30-24(27-28-25(30)33)20-11-13-21(14-12-20)32-6-2/h7-14,22H,5-6,15-17H2,1-4H3,(H,26,31)(H,28,33). The highest BCUT2D eigenvalue weighted by Crippen LogP contribution is 2.22. The van der Waals surface area contributed by atoms with E-state index in [4.69, 9.17) is 17.0 Å². The van der Waals surface area contributed by atoms with Gasteiger partial charge in [-0.05, 0) is 75.1 Å². The Morgan fingerprint density at radius 2 is 1.85 bits per heavy atom. The average molecular weight is 468 g/mol. The minimum Gasteiger partial charge on any atom is -0.494 e. The summed E-state index contributed by atoms with van der Waals surface area (Å²) in [5, 5.41) is 10.3. The smallest absolute Gasteiger partial charge is 0.221 e. The number of aryl methyl sites for hydroxylation is 1. The van der Waals surface area contributed by atoms with Crippen molar-refractivity contribution < 1.29 is 9.53 Å². The predicted molar refractivity (Wildman–Crippen MR) is 134 cm³/mol. The Balaban J connectivity index is 1.61. The summed E-state index contributed by atoms with van der Waals surface area (Å²) in [7, 11) is 4.05. The Bertz CT molecular complexity index is 1090. The largest absolute Gasteiger partial charge is 0.494 e. The van der Waals surface area contributed by atoms with E-state index in [-0.39, 0.29) is 11.9 Å².